The molecule has 2 aromatic rings. The second kappa shape index (κ2) is 5.27. The van der Waals surface area contributed by atoms with E-state index >= 15 is 0 Å². The summed E-state index contributed by atoms with van der Waals surface area (Å²) >= 11 is 5.81. The number of nitro groups is 1. The summed E-state index contributed by atoms with van der Waals surface area (Å²) in [7, 11) is 0. The van der Waals surface area contributed by atoms with Gasteiger partial charge in [-0.25, -0.2) is 0 Å². The number of ether oxygens (including phenoxy) is 1. The Morgan fingerprint density at radius 2 is 2.21 bits per heavy atom. The lowest BCUT2D eigenvalue weighted by atomic mass is 10.2. The minimum Gasteiger partial charge on any atom is -0.482 e. The zero-order chi connectivity index (χ0) is 14.0. The van der Waals surface area contributed by atoms with Crippen molar-refractivity contribution >= 4 is 17.3 Å². The summed E-state index contributed by atoms with van der Waals surface area (Å²) in [5, 5.41) is 15.0. The van der Waals surface area contributed by atoms with Crippen molar-refractivity contribution in [3.05, 3.63) is 50.4 Å². The van der Waals surface area contributed by atoms with E-state index in [1.807, 2.05) is 0 Å². The van der Waals surface area contributed by atoms with Gasteiger partial charge in [0.25, 0.3) is 0 Å². The van der Waals surface area contributed by atoms with Crippen molar-refractivity contribution in [1.82, 2.24) is 5.16 Å². The van der Waals surface area contributed by atoms with Crippen molar-refractivity contribution in [3.8, 4) is 5.75 Å². The van der Waals surface area contributed by atoms with Crippen LogP contribution in [0.2, 0.25) is 5.02 Å². The molecule has 0 amide bonds. The summed E-state index contributed by atoms with van der Waals surface area (Å²) in [6, 6.07) is 4.17. The number of aryl methyl sites for hydroxylation is 2. The van der Waals surface area contributed by atoms with Crippen molar-refractivity contribution < 1.29 is 14.2 Å². The maximum Gasteiger partial charge on any atom is 0.311 e. The molecule has 1 aromatic heterocycles. The van der Waals surface area contributed by atoms with Crippen LogP contribution in [0.4, 0.5) is 5.69 Å². The molecule has 0 fully saturated rings. The summed E-state index contributed by atoms with van der Waals surface area (Å²) < 4.78 is 10.5. The van der Waals surface area contributed by atoms with E-state index in [9.17, 15) is 10.1 Å². The minimum absolute atomic E-state index is 0.123. The largest absolute Gasteiger partial charge is 0.482 e. The summed E-state index contributed by atoms with van der Waals surface area (Å²) in [6.45, 7) is 3.68. The zero-order valence-electron chi connectivity index (χ0n) is 10.3. The molecule has 0 radical (unpaired) electrons. The van der Waals surface area contributed by atoms with E-state index in [0.717, 1.165) is 5.56 Å². The minimum atomic E-state index is -0.515. The molecule has 0 saturated heterocycles. The van der Waals surface area contributed by atoms with Gasteiger partial charge in [0, 0.05) is 17.2 Å². The molecule has 19 heavy (non-hydrogen) atoms. The zero-order valence-corrected chi connectivity index (χ0v) is 11.1. The fourth-order valence-corrected chi connectivity index (χ4v) is 1.77. The van der Waals surface area contributed by atoms with E-state index in [2.05, 4.69) is 5.16 Å². The van der Waals surface area contributed by atoms with Crippen molar-refractivity contribution in [3.63, 3.8) is 0 Å². The maximum absolute atomic E-state index is 10.9. The highest BCUT2D eigenvalue weighted by Crippen LogP contribution is 2.31. The van der Waals surface area contributed by atoms with Gasteiger partial charge in [0.1, 0.15) is 12.4 Å². The van der Waals surface area contributed by atoms with Gasteiger partial charge in [0.2, 0.25) is 0 Å². The Morgan fingerprint density at radius 3 is 2.79 bits per heavy atom. The topological polar surface area (TPSA) is 78.4 Å². The fourth-order valence-electron chi connectivity index (χ4n) is 1.61. The van der Waals surface area contributed by atoms with Gasteiger partial charge in [-0.1, -0.05) is 16.8 Å². The van der Waals surface area contributed by atoms with E-state index in [-0.39, 0.29) is 18.0 Å². The van der Waals surface area contributed by atoms with Gasteiger partial charge < -0.3 is 9.26 Å². The molecule has 0 aliphatic rings. The standard InChI is InChI=1S/C12H11ClN2O4/c1-7-10(8(2)19-14-7)6-18-12-5-9(13)3-4-11(12)15(16)17/h3-5H,6H2,1-2H3. The molecule has 2 rings (SSSR count). The molecule has 0 N–H and O–H groups in total. The first-order chi connectivity index (χ1) is 8.99. The third-order valence-electron chi connectivity index (χ3n) is 2.67. The Balaban J connectivity index is 2.24. The molecule has 100 valence electrons. The van der Waals surface area contributed by atoms with Crippen molar-refractivity contribution in [1.29, 1.82) is 0 Å². The van der Waals surface area contributed by atoms with Gasteiger partial charge in [-0.2, -0.15) is 0 Å². The Morgan fingerprint density at radius 1 is 1.47 bits per heavy atom. The van der Waals surface area contributed by atoms with Crippen LogP contribution in [0.3, 0.4) is 0 Å². The summed E-state index contributed by atoms with van der Waals surface area (Å²) in [5.41, 5.74) is 1.34. The smallest absolute Gasteiger partial charge is 0.311 e. The van der Waals surface area contributed by atoms with E-state index in [1.54, 1.807) is 13.8 Å². The van der Waals surface area contributed by atoms with Gasteiger partial charge >= 0.3 is 5.69 Å². The van der Waals surface area contributed by atoms with Crippen LogP contribution in [0.1, 0.15) is 17.0 Å². The normalized spacial score (nSPS) is 10.5. The Kier molecular flexibility index (Phi) is 3.71. The number of hydrogen-bond donors (Lipinski definition) is 0. The molecule has 0 atom stereocenters. The average Bonchev–Trinajstić information content (AvgIpc) is 2.66. The molecular formula is C12H11ClN2O4. The SMILES string of the molecule is Cc1noc(C)c1COc1cc(Cl)ccc1[N+](=O)[O-]. The number of nitrogens with zero attached hydrogens (tertiary/aromatic N) is 2. The number of nitro benzene ring substituents is 1. The van der Waals surface area contributed by atoms with Crippen LogP contribution in [0, 0.1) is 24.0 Å². The first-order valence-corrected chi connectivity index (χ1v) is 5.85. The van der Waals surface area contributed by atoms with Gasteiger partial charge in [-0.15, -0.1) is 0 Å². The van der Waals surface area contributed by atoms with E-state index < -0.39 is 4.92 Å². The number of aromatic nitrogens is 1. The van der Waals surface area contributed by atoms with Crippen molar-refractivity contribution in [2.75, 3.05) is 0 Å². The second-order valence-corrected chi connectivity index (χ2v) is 4.40. The summed E-state index contributed by atoms with van der Waals surface area (Å²) in [6.07, 6.45) is 0. The highest BCUT2D eigenvalue weighted by Gasteiger charge is 2.17. The first-order valence-electron chi connectivity index (χ1n) is 5.47. The Hall–Kier alpha value is -2.08. The third-order valence-corrected chi connectivity index (χ3v) is 2.91. The van der Waals surface area contributed by atoms with E-state index in [0.29, 0.717) is 16.5 Å². The van der Waals surface area contributed by atoms with E-state index in [4.69, 9.17) is 20.9 Å². The number of halogens is 1. The lowest BCUT2D eigenvalue weighted by Gasteiger charge is -2.06. The number of benzene rings is 1. The van der Waals surface area contributed by atoms with Crippen LogP contribution in [-0.2, 0) is 6.61 Å². The molecule has 0 bridgehead atoms. The molecule has 7 heteroatoms. The van der Waals surface area contributed by atoms with Gasteiger partial charge in [-0.3, -0.25) is 10.1 Å². The van der Waals surface area contributed by atoms with Crippen LogP contribution in [0.5, 0.6) is 5.75 Å². The number of rotatable bonds is 4. The van der Waals surface area contributed by atoms with Crippen LogP contribution in [-0.4, -0.2) is 10.1 Å². The first kappa shape index (κ1) is 13.4. The molecule has 0 unspecified atom stereocenters. The van der Waals surface area contributed by atoms with Gasteiger partial charge in [0.05, 0.1) is 16.2 Å². The van der Waals surface area contributed by atoms with Crippen LogP contribution >= 0.6 is 11.6 Å². The molecule has 6 nitrogen and oxygen atoms in total. The van der Waals surface area contributed by atoms with Crippen LogP contribution < -0.4 is 4.74 Å². The van der Waals surface area contributed by atoms with Gasteiger partial charge in [0.15, 0.2) is 5.75 Å². The monoisotopic (exact) mass is 282 g/mol. The molecule has 0 spiro atoms. The molecule has 0 saturated carbocycles. The van der Waals surface area contributed by atoms with Crippen LogP contribution in [0.15, 0.2) is 22.7 Å². The Labute approximate surface area is 114 Å². The summed E-state index contributed by atoms with van der Waals surface area (Å²) in [4.78, 5) is 10.4. The van der Waals surface area contributed by atoms with E-state index in [1.165, 1.54) is 18.2 Å². The second-order valence-electron chi connectivity index (χ2n) is 3.96. The molecule has 0 aliphatic carbocycles. The quantitative estimate of drug-likeness (QED) is 0.634. The van der Waals surface area contributed by atoms with Gasteiger partial charge in [-0.05, 0) is 19.9 Å². The number of hydrogen-bond acceptors (Lipinski definition) is 5. The highest BCUT2D eigenvalue weighted by atomic mass is 35.5. The third kappa shape index (κ3) is 2.85. The predicted molar refractivity (Wildman–Crippen MR) is 68.4 cm³/mol. The molecule has 1 heterocycles. The summed E-state index contributed by atoms with van der Waals surface area (Å²) in [5.74, 6) is 0.750. The molecule has 1 aromatic carbocycles. The lowest BCUT2D eigenvalue weighted by Crippen LogP contribution is -2.00. The maximum atomic E-state index is 10.9. The van der Waals surface area contributed by atoms with Crippen LogP contribution in [0.25, 0.3) is 0 Å². The predicted octanol–water partition coefficient (Wildman–Crippen LogP) is 3.43. The molecule has 0 aliphatic heterocycles. The van der Waals surface area contributed by atoms with Crippen molar-refractivity contribution in [2.45, 2.75) is 20.5 Å². The fraction of sp³-hybridized carbons (Fsp3) is 0.250. The highest BCUT2D eigenvalue weighted by molar-refractivity contribution is 6.30. The Bertz CT molecular complexity index is 605. The van der Waals surface area contributed by atoms with Crippen molar-refractivity contribution in [2.24, 2.45) is 0 Å². The molecular weight excluding hydrogens is 272 g/mol. The average molecular weight is 283 g/mol. The lowest BCUT2D eigenvalue weighted by molar-refractivity contribution is -0.385.